The summed E-state index contributed by atoms with van der Waals surface area (Å²) in [6.45, 7) is 7.32. The van der Waals surface area contributed by atoms with Gasteiger partial charge in [0.2, 0.25) is 0 Å². The number of alkyl carbamates (subject to hydrolysis) is 1. The van der Waals surface area contributed by atoms with Gasteiger partial charge in [-0.3, -0.25) is 0 Å². The summed E-state index contributed by atoms with van der Waals surface area (Å²) in [5.41, 5.74) is 1.91. The van der Waals surface area contributed by atoms with E-state index in [0.29, 0.717) is 12.2 Å². The van der Waals surface area contributed by atoms with Gasteiger partial charge in [0.05, 0.1) is 6.61 Å². The van der Waals surface area contributed by atoms with Gasteiger partial charge < -0.3 is 24.6 Å². The van der Waals surface area contributed by atoms with Crippen molar-refractivity contribution in [2.75, 3.05) is 0 Å². The van der Waals surface area contributed by atoms with Gasteiger partial charge in [0.1, 0.15) is 5.60 Å². The number of hydrogen-bond donors (Lipinski definition) is 2. The molecule has 3 rings (SSSR count). The minimum absolute atomic E-state index is 0.0549. The van der Waals surface area contributed by atoms with Crippen molar-refractivity contribution in [3.05, 3.63) is 46.8 Å². The fourth-order valence-corrected chi connectivity index (χ4v) is 2.85. The van der Waals surface area contributed by atoms with E-state index in [1.807, 2.05) is 0 Å². The van der Waals surface area contributed by atoms with Crippen LogP contribution < -0.4 is 15.5 Å². The number of carbonyl (C=O) groups excluding carboxylic acids is 1. The second kappa shape index (κ2) is 7.71. The fourth-order valence-electron chi connectivity index (χ4n) is 2.85. The van der Waals surface area contributed by atoms with Crippen LogP contribution in [0.15, 0.2) is 24.3 Å². The van der Waals surface area contributed by atoms with E-state index in [1.54, 1.807) is 47.3 Å². The molecule has 6 nitrogen and oxygen atoms in total. The topological polar surface area (TPSA) is 77.0 Å². The lowest BCUT2D eigenvalue weighted by molar-refractivity contribution is 0.0523. The van der Waals surface area contributed by atoms with Crippen LogP contribution in [0.3, 0.4) is 0 Å². The lowest BCUT2D eigenvalue weighted by atomic mass is 9.83. The van der Waals surface area contributed by atoms with Gasteiger partial charge in [-0.1, -0.05) is 12.1 Å². The average molecular weight is 386 g/mol. The summed E-state index contributed by atoms with van der Waals surface area (Å²) in [7, 11) is 1.59. The zero-order chi connectivity index (χ0) is 20.5. The molecule has 147 valence electrons. The Labute approximate surface area is 163 Å². The number of phenols is 1. The van der Waals surface area contributed by atoms with Gasteiger partial charge in [0.25, 0.3) is 0 Å². The Hall–Kier alpha value is -2.74. The van der Waals surface area contributed by atoms with E-state index in [-0.39, 0.29) is 29.4 Å². The van der Waals surface area contributed by atoms with Crippen molar-refractivity contribution in [1.29, 1.82) is 0 Å². The van der Waals surface area contributed by atoms with Gasteiger partial charge in [0.15, 0.2) is 23.1 Å². The highest BCUT2D eigenvalue weighted by Crippen LogP contribution is 2.36. The van der Waals surface area contributed by atoms with E-state index in [9.17, 15) is 14.3 Å². The van der Waals surface area contributed by atoms with E-state index in [4.69, 9.17) is 14.1 Å². The molecule has 0 spiro atoms. The highest BCUT2D eigenvalue weighted by molar-refractivity contribution is 6.49. The molecule has 1 aliphatic heterocycles. The highest BCUT2D eigenvalue weighted by Gasteiger charge is 2.23. The largest absolute Gasteiger partial charge is 0.504 e. The molecule has 0 atom stereocenters. The molecule has 0 aromatic heterocycles. The Kier molecular flexibility index (Phi) is 5.51. The molecule has 1 radical (unpaired) electrons. The summed E-state index contributed by atoms with van der Waals surface area (Å²) in [6.07, 6.45) is -0.638. The molecule has 2 aromatic rings. The van der Waals surface area contributed by atoms with Crippen LogP contribution in [0.2, 0.25) is 0 Å². The Balaban J connectivity index is 1.78. The smallest absolute Gasteiger partial charge is 0.407 e. The van der Waals surface area contributed by atoms with Crippen molar-refractivity contribution >= 4 is 19.0 Å². The maximum Gasteiger partial charge on any atom is 0.407 e. The second-order valence-corrected chi connectivity index (χ2v) is 7.54. The third kappa shape index (κ3) is 4.39. The highest BCUT2D eigenvalue weighted by atomic mass is 19.1. The first-order valence-corrected chi connectivity index (χ1v) is 8.88. The normalized spacial score (nSPS) is 12.9. The molecule has 0 fully saturated rings. The standard InChI is InChI=1S/C20H22BFNO5/c1-11-16-13(10-26-21-16)8-14(24)18(11)27-15-7-5-6-12(17(15)22)9-23-19(25)28-20(2,3)4/h5-8,24H,9-10H2,1-4H3,(H,23,25). The van der Waals surface area contributed by atoms with Crippen LogP contribution in [-0.2, 0) is 22.5 Å². The molecular formula is C20H22BFNO5. The molecular weight excluding hydrogens is 364 g/mol. The summed E-state index contributed by atoms with van der Waals surface area (Å²) in [6, 6.07) is 6.15. The Morgan fingerprint density at radius 3 is 2.86 bits per heavy atom. The molecule has 28 heavy (non-hydrogen) atoms. The minimum Gasteiger partial charge on any atom is -0.504 e. The fraction of sp³-hybridized carbons (Fsp3) is 0.350. The van der Waals surface area contributed by atoms with Crippen molar-refractivity contribution in [3.63, 3.8) is 0 Å². The number of fused-ring (bicyclic) bond motifs is 1. The van der Waals surface area contributed by atoms with Crippen LogP contribution >= 0.6 is 0 Å². The first-order valence-electron chi connectivity index (χ1n) is 8.88. The second-order valence-electron chi connectivity index (χ2n) is 7.54. The number of benzene rings is 2. The number of amides is 1. The molecule has 0 saturated carbocycles. The van der Waals surface area contributed by atoms with Crippen molar-refractivity contribution in [3.8, 4) is 17.2 Å². The predicted octanol–water partition coefficient (Wildman–Crippen LogP) is 3.43. The molecule has 2 aromatic carbocycles. The number of phenolic OH excluding ortho intramolecular Hbond substituents is 1. The zero-order valence-electron chi connectivity index (χ0n) is 16.3. The summed E-state index contributed by atoms with van der Waals surface area (Å²) >= 11 is 0. The van der Waals surface area contributed by atoms with Crippen molar-refractivity contribution in [2.24, 2.45) is 0 Å². The third-order valence-corrected chi connectivity index (χ3v) is 4.15. The van der Waals surface area contributed by atoms with Crippen LogP contribution in [0.4, 0.5) is 9.18 Å². The molecule has 0 aliphatic carbocycles. The van der Waals surface area contributed by atoms with Crippen LogP contribution in [-0.4, -0.2) is 24.3 Å². The average Bonchev–Trinajstić information content (AvgIpc) is 3.05. The predicted molar refractivity (Wildman–Crippen MR) is 103 cm³/mol. The van der Waals surface area contributed by atoms with Gasteiger partial charge in [0, 0.05) is 12.1 Å². The summed E-state index contributed by atoms with van der Waals surface area (Å²) < 4.78 is 30.9. The van der Waals surface area contributed by atoms with E-state index in [0.717, 1.165) is 11.0 Å². The number of hydrogen-bond acceptors (Lipinski definition) is 5. The molecule has 0 saturated heterocycles. The maximum atomic E-state index is 14.9. The summed E-state index contributed by atoms with van der Waals surface area (Å²) in [4.78, 5) is 11.8. The Bertz CT molecular complexity index is 910. The number of aromatic hydroxyl groups is 1. The molecule has 1 aliphatic rings. The van der Waals surface area contributed by atoms with E-state index in [2.05, 4.69) is 5.32 Å². The third-order valence-electron chi connectivity index (χ3n) is 4.15. The van der Waals surface area contributed by atoms with E-state index >= 15 is 0 Å². The van der Waals surface area contributed by atoms with Crippen LogP contribution in [0.5, 0.6) is 17.2 Å². The van der Waals surface area contributed by atoms with Crippen molar-refractivity contribution < 1.29 is 28.4 Å². The first kappa shape index (κ1) is 20.0. The number of carbonyl (C=O) groups is 1. The monoisotopic (exact) mass is 386 g/mol. The molecule has 8 heteroatoms. The van der Waals surface area contributed by atoms with E-state index < -0.39 is 17.5 Å². The number of halogens is 1. The van der Waals surface area contributed by atoms with Crippen LogP contribution in [0, 0.1) is 12.7 Å². The number of ether oxygens (including phenoxy) is 2. The molecule has 1 heterocycles. The lowest BCUT2D eigenvalue weighted by Gasteiger charge is -2.20. The van der Waals surface area contributed by atoms with Crippen LogP contribution in [0.1, 0.15) is 37.5 Å². The van der Waals surface area contributed by atoms with E-state index in [1.165, 1.54) is 12.1 Å². The van der Waals surface area contributed by atoms with Gasteiger partial charge in [-0.15, -0.1) is 0 Å². The minimum atomic E-state index is -0.642. The lowest BCUT2D eigenvalue weighted by Crippen LogP contribution is -2.32. The number of rotatable bonds is 4. The van der Waals surface area contributed by atoms with Gasteiger partial charge in [-0.25, -0.2) is 9.18 Å². The molecule has 0 unspecified atom stereocenters. The van der Waals surface area contributed by atoms with Gasteiger partial charge in [-0.2, -0.15) is 0 Å². The van der Waals surface area contributed by atoms with Crippen molar-refractivity contribution in [1.82, 2.24) is 5.32 Å². The van der Waals surface area contributed by atoms with Gasteiger partial charge in [-0.05, 0) is 56.4 Å². The van der Waals surface area contributed by atoms with Crippen LogP contribution in [0.25, 0.3) is 0 Å². The Morgan fingerprint density at radius 1 is 1.39 bits per heavy atom. The first-order chi connectivity index (χ1) is 13.2. The summed E-state index contributed by atoms with van der Waals surface area (Å²) in [5, 5.41) is 12.8. The zero-order valence-corrected chi connectivity index (χ0v) is 16.3. The van der Waals surface area contributed by atoms with Gasteiger partial charge >= 0.3 is 13.6 Å². The van der Waals surface area contributed by atoms with Crippen molar-refractivity contribution in [2.45, 2.75) is 46.4 Å². The quantitative estimate of drug-likeness (QED) is 0.788. The molecule has 0 bridgehead atoms. The number of nitrogens with one attached hydrogen (secondary N) is 1. The maximum absolute atomic E-state index is 14.9. The Morgan fingerprint density at radius 2 is 2.14 bits per heavy atom. The molecule has 2 N–H and O–H groups in total. The molecule has 1 amide bonds. The SMILES string of the molecule is Cc1c2c(cc(O)c1Oc1cccc(CNC(=O)OC(C)(C)C)c1F)CO[B]2. The summed E-state index contributed by atoms with van der Waals surface area (Å²) in [5.74, 6) is -0.609.